The van der Waals surface area contributed by atoms with Crippen LogP contribution >= 0.6 is 0 Å². The number of nitrogens with one attached hydrogen (secondary N) is 1. The molecule has 25 heavy (non-hydrogen) atoms. The van der Waals surface area contributed by atoms with Crippen molar-refractivity contribution < 1.29 is 14.5 Å². The number of aromatic nitrogens is 2. The molecule has 0 radical (unpaired) electrons. The summed E-state index contributed by atoms with van der Waals surface area (Å²) in [6.45, 7) is 7.22. The minimum absolute atomic E-state index is 0.0526. The van der Waals surface area contributed by atoms with Crippen LogP contribution in [-0.4, -0.2) is 26.4 Å². The standard InChI is InChI=1S/C17H20N4O4/c1-10(22)12-8-11(6-7-13(12)21(24)25)18-16(23)14-9-15(17(2,3)4)19-20(14)5/h6-9H,1-5H3,(H,18,23). The first-order chi connectivity index (χ1) is 11.5. The number of carbonyl (C=O) groups excluding carboxylic acids is 2. The number of benzene rings is 1. The van der Waals surface area contributed by atoms with Crippen molar-refractivity contribution in [1.82, 2.24) is 9.78 Å². The Labute approximate surface area is 145 Å². The minimum atomic E-state index is -0.626. The first-order valence-corrected chi connectivity index (χ1v) is 7.66. The largest absolute Gasteiger partial charge is 0.321 e. The van der Waals surface area contributed by atoms with Gasteiger partial charge in [0.1, 0.15) is 5.69 Å². The van der Waals surface area contributed by atoms with Gasteiger partial charge in [0.05, 0.1) is 16.2 Å². The molecule has 0 atom stereocenters. The van der Waals surface area contributed by atoms with E-state index < -0.39 is 16.6 Å². The Hall–Kier alpha value is -3.03. The lowest BCUT2D eigenvalue weighted by molar-refractivity contribution is -0.385. The fourth-order valence-corrected chi connectivity index (χ4v) is 2.30. The van der Waals surface area contributed by atoms with Gasteiger partial charge in [-0.05, 0) is 25.1 Å². The summed E-state index contributed by atoms with van der Waals surface area (Å²) < 4.78 is 1.48. The number of hydrogen-bond acceptors (Lipinski definition) is 5. The molecule has 8 heteroatoms. The number of amides is 1. The van der Waals surface area contributed by atoms with Crippen molar-refractivity contribution in [3.8, 4) is 0 Å². The van der Waals surface area contributed by atoms with Crippen LogP contribution in [0.5, 0.6) is 0 Å². The number of Topliss-reactive ketones (excluding diaryl/α,β-unsaturated/α-hetero) is 1. The number of nitro groups is 1. The molecular weight excluding hydrogens is 324 g/mol. The summed E-state index contributed by atoms with van der Waals surface area (Å²) in [5.74, 6) is -0.854. The molecule has 0 aliphatic heterocycles. The van der Waals surface area contributed by atoms with Crippen LogP contribution < -0.4 is 5.32 Å². The Balaban J connectivity index is 2.33. The molecule has 1 aromatic carbocycles. The van der Waals surface area contributed by atoms with Gasteiger partial charge in [0.2, 0.25) is 0 Å². The highest BCUT2D eigenvalue weighted by Crippen LogP contribution is 2.25. The van der Waals surface area contributed by atoms with Gasteiger partial charge >= 0.3 is 0 Å². The Morgan fingerprint density at radius 3 is 2.36 bits per heavy atom. The quantitative estimate of drug-likeness (QED) is 0.521. The van der Waals surface area contributed by atoms with Crippen LogP contribution in [0.4, 0.5) is 11.4 Å². The molecule has 0 aliphatic carbocycles. The van der Waals surface area contributed by atoms with Crippen molar-refractivity contribution in [1.29, 1.82) is 0 Å². The smallest absolute Gasteiger partial charge is 0.280 e. The van der Waals surface area contributed by atoms with E-state index in [1.807, 2.05) is 20.8 Å². The number of carbonyl (C=O) groups is 2. The van der Waals surface area contributed by atoms with E-state index in [1.54, 1.807) is 13.1 Å². The van der Waals surface area contributed by atoms with E-state index >= 15 is 0 Å². The predicted molar refractivity (Wildman–Crippen MR) is 93.0 cm³/mol. The molecular formula is C17H20N4O4. The Morgan fingerprint density at radius 2 is 1.88 bits per heavy atom. The van der Waals surface area contributed by atoms with Crippen molar-refractivity contribution in [2.45, 2.75) is 33.1 Å². The molecule has 2 rings (SSSR count). The van der Waals surface area contributed by atoms with E-state index in [1.165, 1.54) is 29.8 Å². The molecule has 0 fully saturated rings. The molecule has 1 aromatic heterocycles. The van der Waals surface area contributed by atoms with E-state index in [4.69, 9.17) is 0 Å². The van der Waals surface area contributed by atoms with Crippen molar-refractivity contribution >= 4 is 23.1 Å². The third-order valence-electron chi connectivity index (χ3n) is 3.71. The predicted octanol–water partition coefficient (Wildman–Crippen LogP) is 3.08. The van der Waals surface area contributed by atoms with Crippen LogP contribution in [0.2, 0.25) is 0 Å². The minimum Gasteiger partial charge on any atom is -0.321 e. The number of nitrogens with zero attached hydrogens (tertiary/aromatic N) is 3. The summed E-state index contributed by atoms with van der Waals surface area (Å²) in [4.78, 5) is 34.5. The lowest BCUT2D eigenvalue weighted by Gasteiger charge is -2.13. The zero-order valence-electron chi connectivity index (χ0n) is 14.8. The van der Waals surface area contributed by atoms with E-state index in [9.17, 15) is 19.7 Å². The van der Waals surface area contributed by atoms with Gasteiger partial charge in [-0.3, -0.25) is 24.4 Å². The van der Waals surface area contributed by atoms with Crippen LogP contribution in [-0.2, 0) is 12.5 Å². The number of rotatable bonds is 4. The average molecular weight is 344 g/mol. The molecule has 8 nitrogen and oxygen atoms in total. The zero-order valence-corrected chi connectivity index (χ0v) is 14.8. The van der Waals surface area contributed by atoms with E-state index in [0.29, 0.717) is 11.4 Å². The average Bonchev–Trinajstić information content (AvgIpc) is 2.89. The molecule has 2 aromatic rings. The maximum Gasteiger partial charge on any atom is 0.280 e. The van der Waals surface area contributed by atoms with Gasteiger partial charge in [0.25, 0.3) is 11.6 Å². The van der Waals surface area contributed by atoms with Crippen LogP contribution in [0.1, 0.15) is 54.2 Å². The molecule has 0 bridgehead atoms. The second-order valence-electron chi connectivity index (χ2n) is 6.79. The summed E-state index contributed by atoms with van der Waals surface area (Å²) in [5.41, 5.74) is 0.885. The van der Waals surface area contributed by atoms with E-state index in [-0.39, 0.29) is 16.7 Å². The molecule has 132 valence electrons. The molecule has 0 spiro atoms. The monoisotopic (exact) mass is 344 g/mol. The molecule has 0 unspecified atom stereocenters. The molecule has 0 saturated heterocycles. The van der Waals surface area contributed by atoms with Gasteiger partial charge in [-0.15, -0.1) is 0 Å². The normalized spacial score (nSPS) is 11.2. The Kier molecular flexibility index (Phi) is 4.73. The Bertz CT molecular complexity index is 862. The van der Waals surface area contributed by atoms with Gasteiger partial charge in [0, 0.05) is 24.2 Å². The maximum atomic E-state index is 12.5. The summed E-state index contributed by atoms with van der Waals surface area (Å²) in [7, 11) is 1.67. The summed E-state index contributed by atoms with van der Waals surface area (Å²) in [6, 6.07) is 5.60. The topological polar surface area (TPSA) is 107 Å². The van der Waals surface area contributed by atoms with Crippen molar-refractivity contribution in [2.75, 3.05) is 5.32 Å². The molecule has 1 N–H and O–H groups in total. The fourth-order valence-electron chi connectivity index (χ4n) is 2.30. The number of anilines is 1. The van der Waals surface area contributed by atoms with E-state index in [0.717, 1.165) is 5.69 Å². The first-order valence-electron chi connectivity index (χ1n) is 7.66. The maximum absolute atomic E-state index is 12.5. The number of nitro benzene ring substituents is 1. The summed E-state index contributed by atoms with van der Waals surface area (Å²) in [5, 5.41) is 18.0. The third kappa shape index (κ3) is 3.90. The van der Waals surface area contributed by atoms with Gasteiger partial charge < -0.3 is 5.32 Å². The molecule has 0 saturated carbocycles. The van der Waals surface area contributed by atoms with Crippen molar-refractivity contribution in [3.05, 3.63) is 51.3 Å². The van der Waals surface area contributed by atoms with Crippen LogP contribution in [0.3, 0.4) is 0 Å². The lowest BCUT2D eigenvalue weighted by Crippen LogP contribution is -2.16. The number of aryl methyl sites for hydroxylation is 1. The highest BCUT2D eigenvalue weighted by Gasteiger charge is 2.23. The summed E-state index contributed by atoms with van der Waals surface area (Å²) in [6.07, 6.45) is 0. The molecule has 1 amide bonds. The van der Waals surface area contributed by atoms with Crippen molar-refractivity contribution in [2.24, 2.45) is 7.05 Å². The van der Waals surface area contributed by atoms with Gasteiger partial charge in [-0.25, -0.2) is 0 Å². The van der Waals surface area contributed by atoms with Crippen LogP contribution in [0, 0.1) is 10.1 Å². The SMILES string of the molecule is CC(=O)c1cc(NC(=O)c2cc(C(C)(C)C)nn2C)ccc1[N+](=O)[O-]. The number of hydrogen-bond donors (Lipinski definition) is 1. The second-order valence-corrected chi connectivity index (χ2v) is 6.79. The van der Waals surface area contributed by atoms with Gasteiger partial charge in [0.15, 0.2) is 5.78 Å². The third-order valence-corrected chi connectivity index (χ3v) is 3.71. The second kappa shape index (κ2) is 6.46. The Morgan fingerprint density at radius 1 is 1.24 bits per heavy atom. The first kappa shape index (κ1) is 18.3. The van der Waals surface area contributed by atoms with Crippen LogP contribution in [0.15, 0.2) is 24.3 Å². The van der Waals surface area contributed by atoms with Gasteiger partial charge in [-0.1, -0.05) is 20.8 Å². The molecule has 1 heterocycles. The van der Waals surface area contributed by atoms with Crippen molar-refractivity contribution in [3.63, 3.8) is 0 Å². The molecule has 0 aliphatic rings. The zero-order chi connectivity index (χ0) is 18.9. The fraction of sp³-hybridized carbons (Fsp3) is 0.353. The summed E-state index contributed by atoms with van der Waals surface area (Å²) >= 11 is 0. The highest BCUT2D eigenvalue weighted by atomic mass is 16.6. The number of ketones is 1. The lowest BCUT2D eigenvalue weighted by atomic mass is 9.92. The van der Waals surface area contributed by atoms with Gasteiger partial charge in [-0.2, -0.15) is 5.10 Å². The highest BCUT2D eigenvalue weighted by molar-refractivity contribution is 6.05. The van der Waals surface area contributed by atoms with Crippen LogP contribution in [0.25, 0.3) is 0 Å². The van der Waals surface area contributed by atoms with E-state index in [2.05, 4.69) is 10.4 Å².